The average molecular weight is 339 g/mol. The summed E-state index contributed by atoms with van der Waals surface area (Å²) in [5.74, 6) is -0.294. The van der Waals surface area contributed by atoms with Crippen LogP contribution >= 0.6 is 0 Å². The molecule has 1 N–H and O–H groups in total. The molecule has 1 atom stereocenters. The summed E-state index contributed by atoms with van der Waals surface area (Å²) in [6.45, 7) is 4.70. The molecule has 2 aromatic carbocycles. The van der Waals surface area contributed by atoms with E-state index < -0.39 is 5.92 Å². The van der Waals surface area contributed by atoms with Crippen LogP contribution in [0.5, 0.6) is 5.75 Å². The molecule has 5 heteroatoms. The summed E-state index contributed by atoms with van der Waals surface area (Å²) in [6, 6.07) is 9.91. The van der Waals surface area contributed by atoms with Crippen LogP contribution in [0.25, 0.3) is 16.3 Å². The van der Waals surface area contributed by atoms with Crippen molar-refractivity contribution in [2.24, 2.45) is 5.92 Å². The van der Waals surface area contributed by atoms with Crippen LogP contribution < -0.4 is 10.1 Å². The predicted molar refractivity (Wildman–Crippen MR) is 96.1 cm³/mol. The molecule has 0 spiro atoms. The molecule has 1 saturated heterocycles. The highest BCUT2D eigenvalue weighted by molar-refractivity contribution is 6.07. The highest BCUT2D eigenvalue weighted by Crippen LogP contribution is 2.38. The fraction of sp³-hybridized carbons (Fsp3) is 0.300. The van der Waals surface area contributed by atoms with E-state index in [4.69, 9.17) is 9.47 Å². The van der Waals surface area contributed by atoms with E-state index in [1.54, 1.807) is 14.2 Å². The van der Waals surface area contributed by atoms with Gasteiger partial charge >= 0.3 is 0 Å². The molecule has 0 aromatic heterocycles. The summed E-state index contributed by atoms with van der Waals surface area (Å²) >= 11 is 0. The predicted octanol–water partition coefficient (Wildman–Crippen LogP) is 3.06. The van der Waals surface area contributed by atoms with E-state index in [-0.39, 0.29) is 11.8 Å². The molecule has 1 heterocycles. The second-order valence-corrected chi connectivity index (χ2v) is 6.16. The number of imide groups is 1. The van der Waals surface area contributed by atoms with Crippen molar-refractivity contribution >= 4 is 28.2 Å². The van der Waals surface area contributed by atoms with Crippen LogP contribution in [0.3, 0.4) is 0 Å². The Kier molecular flexibility index (Phi) is 4.86. The van der Waals surface area contributed by atoms with Gasteiger partial charge in [0.1, 0.15) is 5.75 Å². The van der Waals surface area contributed by atoms with Gasteiger partial charge in [0.05, 0.1) is 19.6 Å². The molecule has 1 aliphatic rings. The van der Waals surface area contributed by atoms with Crippen LogP contribution in [0.15, 0.2) is 36.9 Å². The van der Waals surface area contributed by atoms with Crippen molar-refractivity contribution in [3.63, 3.8) is 0 Å². The largest absolute Gasteiger partial charge is 0.496 e. The van der Waals surface area contributed by atoms with Gasteiger partial charge in [0.25, 0.3) is 0 Å². The van der Waals surface area contributed by atoms with Crippen molar-refractivity contribution in [2.45, 2.75) is 19.4 Å². The smallest absolute Gasteiger partial charge is 0.234 e. The molecule has 0 bridgehead atoms. The Hall–Kier alpha value is -2.66. The highest BCUT2D eigenvalue weighted by Gasteiger charge is 2.31. The van der Waals surface area contributed by atoms with Crippen molar-refractivity contribution < 1.29 is 19.1 Å². The van der Waals surface area contributed by atoms with Gasteiger partial charge < -0.3 is 9.47 Å². The third-order valence-corrected chi connectivity index (χ3v) is 4.56. The van der Waals surface area contributed by atoms with E-state index in [0.717, 1.165) is 21.9 Å². The van der Waals surface area contributed by atoms with Gasteiger partial charge in [0.15, 0.2) is 0 Å². The van der Waals surface area contributed by atoms with Gasteiger partial charge in [-0.2, -0.15) is 0 Å². The SMILES string of the molecule is C=C(c1c(OC)ccc2cc(COC)ccc12)[C@H]1CCC(=O)NC1=O. The maximum Gasteiger partial charge on any atom is 0.234 e. The Morgan fingerprint density at radius 2 is 2.04 bits per heavy atom. The zero-order valence-corrected chi connectivity index (χ0v) is 14.4. The Labute approximate surface area is 146 Å². The van der Waals surface area contributed by atoms with E-state index in [2.05, 4.69) is 18.0 Å². The first-order valence-electron chi connectivity index (χ1n) is 8.16. The number of hydrogen-bond acceptors (Lipinski definition) is 4. The number of piperidine rings is 1. The Morgan fingerprint density at radius 1 is 1.24 bits per heavy atom. The summed E-state index contributed by atoms with van der Waals surface area (Å²) < 4.78 is 10.7. The van der Waals surface area contributed by atoms with Crippen LogP contribution in [0.1, 0.15) is 24.0 Å². The molecule has 1 aliphatic heterocycles. The van der Waals surface area contributed by atoms with Crippen LogP contribution in [0, 0.1) is 5.92 Å². The van der Waals surface area contributed by atoms with Crippen molar-refractivity contribution in [2.75, 3.05) is 14.2 Å². The third kappa shape index (κ3) is 3.28. The van der Waals surface area contributed by atoms with Crippen molar-refractivity contribution in [3.8, 4) is 5.75 Å². The van der Waals surface area contributed by atoms with Crippen LogP contribution in [0.4, 0.5) is 0 Å². The average Bonchev–Trinajstić information content (AvgIpc) is 2.60. The maximum absolute atomic E-state index is 12.2. The number of carbonyl (C=O) groups is 2. The van der Waals surface area contributed by atoms with Crippen molar-refractivity contribution in [1.82, 2.24) is 5.32 Å². The Balaban J connectivity index is 2.08. The van der Waals surface area contributed by atoms with E-state index >= 15 is 0 Å². The standard InChI is InChI=1S/C20H21NO4/c1-12(15-7-9-18(22)21-20(15)23)19-16-6-4-13(11-24-2)10-14(16)5-8-17(19)25-3/h4-6,8,10,15H,1,7,9,11H2,2-3H3,(H,21,22,23)/t15-/m1/s1. The number of rotatable bonds is 5. The van der Waals surface area contributed by atoms with E-state index in [0.29, 0.717) is 30.8 Å². The minimum absolute atomic E-state index is 0.233. The van der Waals surface area contributed by atoms with Crippen molar-refractivity contribution in [3.05, 3.63) is 48.0 Å². The monoisotopic (exact) mass is 339 g/mol. The lowest BCUT2D eigenvalue weighted by molar-refractivity contribution is -0.134. The minimum atomic E-state index is -0.434. The first-order chi connectivity index (χ1) is 12.0. The maximum atomic E-state index is 12.2. The second-order valence-electron chi connectivity index (χ2n) is 6.16. The van der Waals surface area contributed by atoms with Crippen molar-refractivity contribution in [1.29, 1.82) is 0 Å². The molecule has 3 rings (SSSR count). The van der Waals surface area contributed by atoms with Gasteiger partial charge in [-0.1, -0.05) is 24.8 Å². The Bertz CT molecular complexity index is 856. The molecule has 2 aromatic rings. The Morgan fingerprint density at radius 3 is 2.72 bits per heavy atom. The molecule has 130 valence electrons. The molecule has 25 heavy (non-hydrogen) atoms. The van der Waals surface area contributed by atoms with Gasteiger partial charge in [-0.05, 0) is 40.5 Å². The summed E-state index contributed by atoms with van der Waals surface area (Å²) in [4.78, 5) is 23.7. The summed E-state index contributed by atoms with van der Waals surface area (Å²) in [6.07, 6.45) is 0.783. The number of carbonyl (C=O) groups excluding carboxylic acids is 2. The number of amides is 2. The van der Waals surface area contributed by atoms with E-state index in [1.807, 2.05) is 24.3 Å². The number of nitrogens with one attached hydrogen (secondary N) is 1. The van der Waals surface area contributed by atoms with E-state index in [9.17, 15) is 9.59 Å². The first-order valence-corrected chi connectivity index (χ1v) is 8.16. The highest BCUT2D eigenvalue weighted by atomic mass is 16.5. The summed E-state index contributed by atoms with van der Waals surface area (Å²) in [5, 5.41) is 4.39. The van der Waals surface area contributed by atoms with Gasteiger partial charge in [-0.25, -0.2) is 0 Å². The first kappa shape index (κ1) is 17.2. The molecule has 0 radical (unpaired) electrons. The molecule has 2 amide bonds. The lowest BCUT2D eigenvalue weighted by Crippen LogP contribution is -2.41. The van der Waals surface area contributed by atoms with E-state index in [1.165, 1.54) is 0 Å². The fourth-order valence-corrected chi connectivity index (χ4v) is 3.32. The summed E-state index contributed by atoms with van der Waals surface area (Å²) in [7, 11) is 3.26. The number of fused-ring (bicyclic) bond motifs is 1. The zero-order valence-electron chi connectivity index (χ0n) is 14.4. The molecule has 0 unspecified atom stereocenters. The van der Waals surface area contributed by atoms with Gasteiger partial charge in [0, 0.05) is 19.1 Å². The fourth-order valence-electron chi connectivity index (χ4n) is 3.32. The molecule has 0 aliphatic carbocycles. The number of benzene rings is 2. The lowest BCUT2D eigenvalue weighted by Gasteiger charge is -2.25. The van der Waals surface area contributed by atoms with Gasteiger partial charge in [-0.15, -0.1) is 0 Å². The normalized spacial score (nSPS) is 17.4. The van der Waals surface area contributed by atoms with Crippen LogP contribution in [0.2, 0.25) is 0 Å². The number of methoxy groups -OCH3 is 2. The minimum Gasteiger partial charge on any atom is -0.496 e. The molecule has 5 nitrogen and oxygen atoms in total. The number of hydrogen-bond donors (Lipinski definition) is 1. The topological polar surface area (TPSA) is 64.6 Å². The summed E-state index contributed by atoms with van der Waals surface area (Å²) in [5.41, 5.74) is 2.56. The van der Waals surface area contributed by atoms with Crippen LogP contribution in [-0.2, 0) is 20.9 Å². The lowest BCUT2D eigenvalue weighted by atomic mass is 9.84. The van der Waals surface area contributed by atoms with Crippen LogP contribution in [-0.4, -0.2) is 26.0 Å². The molecule has 1 fully saturated rings. The zero-order chi connectivity index (χ0) is 18.0. The van der Waals surface area contributed by atoms with Gasteiger partial charge in [0.2, 0.25) is 11.8 Å². The van der Waals surface area contributed by atoms with Gasteiger partial charge in [-0.3, -0.25) is 14.9 Å². The third-order valence-electron chi connectivity index (χ3n) is 4.56. The number of ether oxygens (including phenoxy) is 2. The molecular formula is C20H21NO4. The molecule has 0 saturated carbocycles. The molecular weight excluding hydrogens is 318 g/mol. The quantitative estimate of drug-likeness (QED) is 0.851. The second kappa shape index (κ2) is 7.07.